The topological polar surface area (TPSA) is 92.9 Å². The van der Waals surface area contributed by atoms with E-state index in [-0.39, 0.29) is 41.2 Å². The molecule has 0 aromatic heterocycles. The maximum absolute atomic E-state index is 12.8. The fourth-order valence-corrected chi connectivity index (χ4v) is 5.08. The lowest BCUT2D eigenvalue weighted by atomic mass is 9.63. The Labute approximate surface area is 149 Å². The van der Waals surface area contributed by atoms with Crippen LogP contribution in [0.3, 0.4) is 0 Å². The second-order valence-corrected chi connectivity index (χ2v) is 7.69. The summed E-state index contributed by atoms with van der Waals surface area (Å²) < 4.78 is 0. The summed E-state index contributed by atoms with van der Waals surface area (Å²) in [6.45, 7) is 1.66. The first kappa shape index (κ1) is 15.4. The van der Waals surface area contributed by atoms with E-state index in [0.29, 0.717) is 23.0 Å². The Morgan fingerprint density at radius 1 is 1.15 bits per heavy atom. The van der Waals surface area contributed by atoms with Gasteiger partial charge < -0.3 is 0 Å². The lowest BCUT2D eigenvalue weighted by Crippen LogP contribution is -2.40. The number of benzene rings is 1. The highest BCUT2D eigenvalue weighted by Gasteiger charge is 2.67. The minimum Gasteiger partial charge on any atom is -0.272 e. The third-order valence-electron chi connectivity index (χ3n) is 6.39. The molecule has 4 aliphatic carbocycles. The van der Waals surface area contributed by atoms with Gasteiger partial charge in [-0.1, -0.05) is 24.3 Å². The van der Waals surface area contributed by atoms with Crippen molar-refractivity contribution < 1.29 is 14.5 Å². The van der Waals surface area contributed by atoms with Gasteiger partial charge in [0.15, 0.2) is 0 Å². The zero-order valence-corrected chi connectivity index (χ0v) is 14.1. The molecule has 0 unspecified atom stereocenters. The van der Waals surface area contributed by atoms with Gasteiger partial charge >= 0.3 is 0 Å². The number of hydrazone groups is 1. The van der Waals surface area contributed by atoms with Gasteiger partial charge in [-0.2, -0.15) is 10.1 Å². The van der Waals surface area contributed by atoms with Crippen molar-refractivity contribution >= 4 is 23.7 Å². The Balaban J connectivity index is 1.43. The predicted octanol–water partition coefficient (Wildman–Crippen LogP) is 2.29. The molecule has 6 rings (SSSR count). The number of nitro benzene ring substituents is 1. The number of nitro groups is 1. The molecule has 7 heteroatoms. The van der Waals surface area contributed by atoms with Crippen molar-refractivity contribution in [3.63, 3.8) is 0 Å². The molecular weight excluding hydrogens is 334 g/mol. The van der Waals surface area contributed by atoms with Gasteiger partial charge in [0, 0.05) is 17.2 Å². The number of imide groups is 1. The molecule has 6 atom stereocenters. The van der Waals surface area contributed by atoms with E-state index in [4.69, 9.17) is 0 Å². The number of carbonyl (C=O) groups excluding carboxylic acids is 2. The average Bonchev–Trinajstić information content (AvgIpc) is 3.40. The van der Waals surface area contributed by atoms with Gasteiger partial charge in [-0.25, -0.2) is 0 Å². The molecule has 0 radical (unpaired) electrons. The molecule has 132 valence electrons. The van der Waals surface area contributed by atoms with Gasteiger partial charge in [0.2, 0.25) is 0 Å². The van der Waals surface area contributed by atoms with Crippen LogP contribution in [0.2, 0.25) is 0 Å². The molecule has 1 heterocycles. The van der Waals surface area contributed by atoms with Crippen LogP contribution in [0.1, 0.15) is 17.5 Å². The number of allylic oxidation sites excluding steroid dienone is 2. The average molecular weight is 351 g/mol. The van der Waals surface area contributed by atoms with E-state index in [9.17, 15) is 19.7 Å². The van der Waals surface area contributed by atoms with Crippen LogP contribution < -0.4 is 0 Å². The summed E-state index contributed by atoms with van der Waals surface area (Å²) >= 11 is 0. The standard InChI is InChI=1S/C19H17N3O4/c1-9-2-3-10(6-15(9)22(25)26)8-20-21-18(23)16-11-4-5-12(14-7-13(11)14)17(16)19(21)24/h2-6,8,11-14,16-17H,7H2,1H3/b20-8+/t11-,12-,13-,14-,16-,17+/m1/s1. The Hall–Kier alpha value is -2.83. The van der Waals surface area contributed by atoms with E-state index in [1.807, 2.05) is 0 Å². The number of hydrogen-bond acceptors (Lipinski definition) is 5. The molecule has 1 aromatic carbocycles. The van der Waals surface area contributed by atoms with E-state index in [2.05, 4.69) is 17.3 Å². The van der Waals surface area contributed by atoms with Crippen LogP contribution in [0, 0.1) is 52.5 Å². The minimum atomic E-state index is -0.455. The Kier molecular flexibility index (Phi) is 3.02. The highest BCUT2D eigenvalue weighted by Crippen LogP contribution is 2.65. The van der Waals surface area contributed by atoms with E-state index >= 15 is 0 Å². The summed E-state index contributed by atoms with van der Waals surface area (Å²) in [6.07, 6.45) is 6.70. The lowest BCUT2D eigenvalue weighted by molar-refractivity contribution is -0.385. The third-order valence-corrected chi connectivity index (χ3v) is 6.39. The normalized spacial score (nSPS) is 36.6. The largest absolute Gasteiger partial charge is 0.272 e. The summed E-state index contributed by atoms with van der Waals surface area (Å²) in [4.78, 5) is 36.2. The highest BCUT2D eigenvalue weighted by molar-refractivity contribution is 6.06. The summed E-state index contributed by atoms with van der Waals surface area (Å²) in [7, 11) is 0. The van der Waals surface area contributed by atoms with Gasteiger partial charge in [-0.05, 0) is 37.0 Å². The molecule has 2 saturated carbocycles. The Morgan fingerprint density at radius 3 is 2.35 bits per heavy atom. The molecule has 1 aliphatic heterocycles. The Morgan fingerprint density at radius 2 is 1.77 bits per heavy atom. The SMILES string of the molecule is Cc1ccc(/C=N/N2C(=O)[C@@H]3[C@@H]4C=C[C@H]([C@H]5C[C@H]45)[C@@H]3C2=O)cc1[N+](=O)[O-]. The first-order valence-corrected chi connectivity index (χ1v) is 8.82. The highest BCUT2D eigenvalue weighted by atomic mass is 16.6. The number of rotatable bonds is 3. The van der Waals surface area contributed by atoms with Crippen molar-refractivity contribution in [2.45, 2.75) is 13.3 Å². The smallest absolute Gasteiger partial charge is 0.272 e. The molecule has 2 amide bonds. The van der Waals surface area contributed by atoms with Gasteiger partial charge in [0.25, 0.3) is 17.5 Å². The van der Waals surface area contributed by atoms with Crippen molar-refractivity contribution in [1.82, 2.24) is 5.01 Å². The van der Waals surface area contributed by atoms with Crippen LogP contribution >= 0.6 is 0 Å². The fraction of sp³-hybridized carbons (Fsp3) is 0.421. The Bertz CT molecular complexity index is 885. The fourth-order valence-electron chi connectivity index (χ4n) is 5.08. The molecule has 3 fully saturated rings. The second kappa shape index (κ2) is 5.09. The quantitative estimate of drug-likeness (QED) is 0.275. The summed E-state index contributed by atoms with van der Waals surface area (Å²) in [5, 5.41) is 16.1. The molecule has 0 N–H and O–H groups in total. The first-order valence-electron chi connectivity index (χ1n) is 8.82. The van der Waals surface area contributed by atoms with Crippen molar-refractivity contribution in [3.8, 4) is 0 Å². The number of aryl methyl sites for hydroxylation is 1. The maximum Gasteiger partial charge on any atom is 0.272 e. The van der Waals surface area contributed by atoms with Gasteiger partial charge in [0.05, 0.1) is 23.0 Å². The zero-order valence-electron chi connectivity index (χ0n) is 14.1. The van der Waals surface area contributed by atoms with E-state index < -0.39 is 4.92 Å². The van der Waals surface area contributed by atoms with Crippen LogP contribution in [0.4, 0.5) is 5.69 Å². The van der Waals surface area contributed by atoms with Crippen LogP contribution in [0.25, 0.3) is 0 Å². The molecule has 0 spiro atoms. The van der Waals surface area contributed by atoms with Crippen molar-refractivity contribution in [2.24, 2.45) is 40.6 Å². The molecule has 5 aliphatic rings. The van der Waals surface area contributed by atoms with E-state index in [1.54, 1.807) is 19.1 Å². The first-order chi connectivity index (χ1) is 12.5. The third kappa shape index (κ3) is 1.97. The minimum absolute atomic E-state index is 0.0102. The molecule has 1 aromatic rings. The van der Waals surface area contributed by atoms with Crippen LogP contribution in [-0.2, 0) is 9.59 Å². The number of carbonyl (C=O) groups is 2. The monoisotopic (exact) mass is 351 g/mol. The van der Waals surface area contributed by atoms with E-state index in [1.165, 1.54) is 12.3 Å². The maximum atomic E-state index is 12.8. The number of hydrogen-bond donors (Lipinski definition) is 0. The summed E-state index contributed by atoms with van der Waals surface area (Å²) in [5.74, 6) is 0.374. The lowest BCUT2D eigenvalue weighted by Gasteiger charge is -2.37. The van der Waals surface area contributed by atoms with Gasteiger partial charge in [0.1, 0.15) is 0 Å². The van der Waals surface area contributed by atoms with Crippen LogP contribution in [0.15, 0.2) is 35.5 Å². The predicted molar refractivity (Wildman–Crippen MR) is 92.0 cm³/mol. The molecular formula is C19H17N3O4. The summed E-state index contributed by atoms with van der Waals surface area (Å²) in [5.41, 5.74) is 1.03. The van der Waals surface area contributed by atoms with Crippen molar-refractivity contribution in [3.05, 3.63) is 51.6 Å². The van der Waals surface area contributed by atoms with Crippen molar-refractivity contribution in [1.29, 1.82) is 0 Å². The second-order valence-electron chi connectivity index (χ2n) is 7.69. The molecule has 2 bridgehead atoms. The number of amides is 2. The summed E-state index contributed by atoms with van der Waals surface area (Å²) in [6, 6.07) is 4.71. The van der Waals surface area contributed by atoms with Gasteiger partial charge in [-0.15, -0.1) is 0 Å². The number of nitrogens with zero attached hydrogens (tertiary/aromatic N) is 3. The molecule has 7 nitrogen and oxygen atoms in total. The molecule has 1 saturated heterocycles. The zero-order chi connectivity index (χ0) is 18.2. The van der Waals surface area contributed by atoms with Crippen molar-refractivity contribution in [2.75, 3.05) is 0 Å². The van der Waals surface area contributed by atoms with E-state index in [0.717, 1.165) is 11.4 Å². The van der Waals surface area contributed by atoms with Gasteiger partial charge in [-0.3, -0.25) is 19.7 Å². The van der Waals surface area contributed by atoms with Crippen LogP contribution in [-0.4, -0.2) is 28.0 Å². The molecule has 26 heavy (non-hydrogen) atoms. The van der Waals surface area contributed by atoms with Crippen LogP contribution in [0.5, 0.6) is 0 Å².